The molecule has 0 aliphatic carbocycles. The number of nitriles is 1. The molecular weight excluding hydrogens is 248 g/mol. The van der Waals surface area contributed by atoms with Crippen LogP contribution in [0.15, 0.2) is 17.0 Å². The van der Waals surface area contributed by atoms with E-state index in [2.05, 4.69) is 0 Å². The summed E-state index contributed by atoms with van der Waals surface area (Å²) in [6.45, 7) is 7.41. The van der Waals surface area contributed by atoms with Crippen LogP contribution >= 0.6 is 0 Å². The van der Waals surface area contributed by atoms with Gasteiger partial charge in [0.05, 0.1) is 11.0 Å². The zero-order chi connectivity index (χ0) is 13.9. The van der Waals surface area contributed by atoms with Gasteiger partial charge in [-0.05, 0) is 31.9 Å². The van der Waals surface area contributed by atoms with E-state index in [-0.39, 0.29) is 6.54 Å². The van der Waals surface area contributed by atoms with E-state index in [9.17, 15) is 8.42 Å². The van der Waals surface area contributed by atoms with Crippen LogP contribution in [0.3, 0.4) is 0 Å². The molecule has 5 heteroatoms. The van der Waals surface area contributed by atoms with Crippen molar-refractivity contribution < 1.29 is 8.42 Å². The Morgan fingerprint density at radius 3 is 2.11 bits per heavy atom. The van der Waals surface area contributed by atoms with E-state index in [1.54, 1.807) is 20.8 Å². The molecule has 0 aromatic heterocycles. The molecule has 0 unspecified atom stereocenters. The molecule has 0 fully saturated rings. The van der Waals surface area contributed by atoms with Crippen molar-refractivity contribution in [1.29, 1.82) is 5.26 Å². The molecule has 0 amide bonds. The molecule has 0 saturated heterocycles. The molecule has 18 heavy (non-hydrogen) atoms. The lowest BCUT2D eigenvalue weighted by Gasteiger charge is -2.20. The van der Waals surface area contributed by atoms with Gasteiger partial charge in [-0.2, -0.15) is 9.57 Å². The summed E-state index contributed by atoms with van der Waals surface area (Å²) in [7, 11) is -3.58. The van der Waals surface area contributed by atoms with Crippen LogP contribution in [-0.4, -0.2) is 25.8 Å². The third-order valence-electron chi connectivity index (χ3n) is 2.80. The minimum Gasteiger partial charge on any atom is -0.207 e. The smallest absolute Gasteiger partial charge is 0.207 e. The summed E-state index contributed by atoms with van der Waals surface area (Å²) in [5, 5.41) is 8.70. The number of sulfonamides is 1. The number of hydrogen-bond donors (Lipinski definition) is 0. The highest BCUT2D eigenvalue weighted by Gasteiger charge is 2.26. The number of rotatable bonds is 4. The van der Waals surface area contributed by atoms with E-state index in [1.165, 1.54) is 4.31 Å². The fourth-order valence-electron chi connectivity index (χ4n) is 2.15. The molecular formula is C13H18N2O2S. The molecule has 1 aromatic rings. The molecule has 1 rings (SSSR count). The van der Waals surface area contributed by atoms with Gasteiger partial charge in [-0.3, -0.25) is 0 Å². The predicted octanol–water partition coefficient (Wildman–Crippen LogP) is 2.15. The number of hydrogen-bond acceptors (Lipinski definition) is 3. The van der Waals surface area contributed by atoms with Crippen LogP contribution in [-0.2, 0) is 10.0 Å². The van der Waals surface area contributed by atoms with Gasteiger partial charge in [0.15, 0.2) is 0 Å². The van der Waals surface area contributed by atoms with Crippen LogP contribution in [0.1, 0.15) is 23.6 Å². The zero-order valence-corrected chi connectivity index (χ0v) is 12.0. The molecule has 0 bridgehead atoms. The second-order valence-electron chi connectivity index (χ2n) is 4.32. The topological polar surface area (TPSA) is 61.2 Å². The van der Waals surface area contributed by atoms with Gasteiger partial charge >= 0.3 is 0 Å². The van der Waals surface area contributed by atoms with E-state index in [0.717, 1.165) is 16.7 Å². The van der Waals surface area contributed by atoms with Crippen LogP contribution in [0.25, 0.3) is 0 Å². The lowest BCUT2D eigenvalue weighted by molar-refractivity contribution is 0.461. The van der Waals surface area contributed by atoms with Gasteiger partial charge in [-0.25, -0.2) is 8.42 Å². The standard InChI is InChI=1S/C13H18N2O2S/c1-5-15(7-6-14)18(16,17)13-11(3)8-10(2)9-12(13)4/h8-9H,5,7H2,1-4H3. The molecule has 0 aliphatic heterocycles. The second-order valence-corrected chi connectivity index (χ2v) is 6.19. The van der Waals surface area contributed by atoms with Gasteiger partial charge in [-0.1, -0.05) is 24.6 Å². The van der Waals surface area contributed by atoms with Crippen molar-refractivity contribution >= 4 is 10.0 Å². The van der Waals surface area contributed by atoms with Crippen molar-refractivity contribution in [2.45, 2.75) is 32.6 Å². The summed E-state index contributed by atoms with van der Waals surface area (Å²) in [5.41, 5.74) is 2.49. The summed E-state index contributed by atoms with van der Waals surface area (Å²) in [4.78, 5) is 0.324. The van der Waals surface area contributed by atoms with Gasteiger partial charge in [0.1, 0.15) is 6.54 Å². The van der Waals surface area contributed by atoms with E-state index in [4.69, 9.17) is 5.26 Å². The van der Waals surface area contributed by atoms with Crippen molar-refractivity contribution in [1.82, 2.24) is 4.31 Å². The van der Waals surface area contributed by atoms with Crippen molar-refractivity contribution in [3.63, 3.8) is 0 Å². The van der Waals surface area contributed by atoms with Crippen LogP contribution in [0.5, 0.6) is 0 Å². The van der Waals surface area contributed by atoms with Crippen LogP contribution in [0.4, 0.5) is 0 Å². The minimum atomic E-state index is -3.58. The minimum absolute atomic E-state index is 0.119. The fraction of sp³-hybridized carbons (Fsp3) is 0.462. The fourth-order valence-corrected chi connectivity index (χ4v) is 3.91. The molecule has 0 atom stereocenters. The first-order chi connectivity index (χ1) is 8.34. The normalized spacial score (nSPS) is 11.6. The quantitative estimate of drug-likeness (QED) is 0.784. The summed E-state index contributed by atoms with van der Waals surface area (Å²) in [6.07, 6.45) is 0. The maximum absolute atomic E-state index is 12.5. The maximum Gasteiger partial charge on any atom is 0.244 e. The Hall–Kier alpha value is -1.38. The molecule has 0 spiro atoms. The second kappa shape index (κ2) is 5.51. The van der Waals surface area contributed by atoms with Gasteiger partial charge in [0.2, 0.25) is 10.0 Å². The third-order valence-corrected chi connectivity index (χ3v) is 5.03. The first-order valence-corrected chi connectivity index (χ1v) is 7.23. The lowest BCUT2D eigenvalue weighted by atomic mass is 10.1. The van der Waals surface area contributed by atoms with E-state index in [1.807, 2.05) is 25.1 Å². The first-order valence-electron chi connectivity index (χ1n) is 5.79. The Morgan fingerprint density at radius 1 is 1.22 bits per heavy atom. The van der Waals surface area contributed by atoms with Crippen LogP contribution < -0.4 is 0 Å². The molecule has 0 N–H and O–H groups in total. The summed E-state index contributed by atoms with van der Waals surface area (Å²) >= 11 is 0. The molecule has 0 aliphatic rings. The Kier molecular flexibility index (Phi) is 4.49. The summed E-state index contributed by atoms with van der Waals surface area (Å²) < 4.78 is 26.2. The van der Waals surface area contributed by atoms with Gasteiger partial charge in [-0.15, -0.1) is 0 Å². The van der Waals surface area contributed by atoms with Gasteiger partial charge in [0.25, 0.3) is 0 Å². The lowest BCUT2D eigenvalue weighted by Crippen LogP contribution is -2.32. The SMILES string of the molecule is CCN(CC#N)S(=O)(=O)c1c(C)cc(C)cc1C. The largest absolute Gasteiger partial charge is 0.244 e. The van der Waals surface area contributed by atoms with Crippen molar-refractivity contribution in [2.24, 2.45) is 0 Å². The highest BCUT2D eigenvalue weighted by Crippen LogP contribution is 2.24. The summed E-state index contributed by atoms with van der Waals surface area (Å²) in [6, 6.07) is 5.59. The van der Waals surface area contributed by atoms with E-state index in [0.29, 0.717) is 11.4 Å². The van der Waals surface area contributed by atoms with Crippen molar-refractivity contribution in [3.05, 3.63) is 28.8 Å². The molecule has 0 heterocycles. The number of nitrogens with zero attached hydrogens (tertiary/aromatic N) is 2. The van der Waals surface area contributed by atoms with Crippen LogP contribution in [0, 0.1) is 32.1 Å². The Morgan fingerprint density at radius 2 is 1.72 bits per heavy atom. The van der Waals surface area contributed by atoms with E-state index >= 15 is 0 Å². The van der Waals surface area contributed by atoms with Crippen molar-refractivity contribution in [3.8, 4) is 6.07 Å². The van der Waals surface area contributed by atoms with E-state index < -0.39 is 10.0 Å². The maximum atomic E-state index is 12.5. The summed E-state index contributed by atoms with van der Waals surface area (Å²) in [5.74, 6) is 0. The third kappa shape index (κ3) is 2.71. The predicted molar refractivity (Wildman–Crippen MR) is 70.7 cm³/mol. The average Bonchev–Trinajstić information content (AvgIpc) is 2.23. The number of benzene rings is 1. The number of aryl methyl sites for hydroxylation is 3. The Bertz CT molecular complexity index is 562. The Labute approximate surface area is 109 Å². The zero-order valence-electron chi connectivity index (χ0n) is 11.2. The van der Waals surface area contributed by atoms with Gasteiger partial charge < -0.3 is 0 Å². The molecule has 98 valence electrons. The molecule has 1 aromatic carbocycles. The average molecular weight is 266 g/mol. The molecule has 4 nitrogen and oxygen atoms in total. The van der Waals surface area contributed by atoms with Gasteiger partial charge in [0, 0.05) is 6.54 Å². The first kappa shape index (κ1) is 14.7. The molecule has 0 radical (unpaired) electrons. The van der Waals surface area contributed by atoms with Crippen LogP contribution in [0.2, 0.25) is 0 Å². The van der Waals surface area contributed by atoms with Crippen molar-refractivity contribution in [2.75, 3.05) is 13.1 Å². The highest BCUT2D eigenvalue weighted by atomic mass is 32.2. The molecule has 0 saturated carbocycles. The highest BCUT2D eigenvalue weighted by molar-refractivity contribution is 7.89. The Balaban J connectivity index is 3.42. The monoisotopic (exact) mass is 266 g/mol.